The molecule has 45 heavy (non-hydrogen) atoms. The van der Waals surface area contributed by atoms with Crippen molar-refractivity contribution in [3.63, 3.8) is 0 Å². The number of aryl methyl sites for hydroxylation is 1. The number of anilines is 2. The van der Waals surface area contributed by atoms with Gasteiger partial charge >= 0.3 is 6.03 Å². The highest BCUT2D eigenvalue weighted by Crippen LogP contribution is 2.32. The van der Waals surface area contributed by atoms with Crippen LogP contribution >= 0.6 is 11.8 Å². The van der Waals surface area contributed by atoms with Crippen LogP contribution in [0, 0.1) is 18.7 Å². The van der Waals surface area contributed by atoms with E-state index in [-0.39, 0.29) is 34.9 Å². The number of hydrogen-bond donors (Lipinski definition) is 1. The molecule has 0 radical (unpaired) electrons. The molecule has 0 bridgehead atoms. The molecule has 0 spiro atoms. The number of alkyl halides is 1. The molecule has 0 saturated carbocycles. The molecule has 10 nitrogen and oxygen atoms in total. The second kappa shape index (κ2) is 14.4. The van der Waals surface area contributed by atoms with E-state index in [1.54, 1.807) is 30.3 Å². The number of benzene rings is 3. The number of halogens is 2. The SMILES string of the molecule is Cc1ccc(COCC(C)C)c(N2C(=O)CS/C2=N\C(=O)Nc2ccc(-c3ncn(-c4ccc(OCCF)cc4)n3)cc2F)c1. The van der Waals surface area contributed by atoms with Gasteiger partial charge in [0.15, 0.2) is 11.0 Å². The predicted octanol–water partition coefficient (Wildman–Crippen LogP) is 6.57. The van der Waals surface area contributed by atoms with Crippen molar-refractivity contribution < 1.29 is 27.8 Å². The molecule has 0 aliphatic carbocycles. The fraction of sp³-hybridized carbons (Fsp3) is 0.281. The first-order valence-corrected chi connectivity index (χ1v) is 15.2. The minimum atomic E-state index is -0.824. The van der Waals surface area contributed by atoms with E-state index >= 15 is 4.39 Å². The molecule has 5 rings (SSSR count). The molecule has 1 aliphatic heterocycles. The number of carbonyl (C=O) groups is 2. The third-order valence-electron chi connectivity index (χ3n) is 6.56. The zero-order chi connectivity index (χ0) is 31.9. The first-order chi connectivity index (χ1) is 21.7. The number of thioether (sulfide) groups is 1. The molecule has 0 unspecified atom stereocenters. The highest BCUT2D eigenvalue weighted by atomic mass is 32.2. The number of aromatic nitrogens is 3. The number of amidine groups is 1. The number of ether oxygens (including phenoxy) is 2. The van der Waals surface area contributed by atoms with Crippen molar-refractivity contribution in [1.82, 2.24) is 14.8 Å². The summed E-state index contributed by atoms with van der Waals surface area (Å²) in [5.74, 6) is 0.345. The zero-order valence-corrected chi connectivity index (χ0v) is 25.8. The molecule has 0 atom stereocenters. The van der Waals surface area contributed by atoms with Gasteiger partial charge < -0.3 is 14.8 Å². The molecule has 1 aromatic heterocycles. The quantitative estimate of drug-likeness (QED) is 0.199. The number of aliphatic imine (C=N–C) groups is 1. The van der Waals surface area contributed by atoms with E-state index in [0.29, 0.717) is 41.8 Å². The Morgan fingerprint density at radius 3 is 2.67 bits per heavy atom. The fourth-order valence-corrected chi connectivity index (χ4v) is 5.31. The highest BCUT2D eigenvalue weighted by molar-refractivity contribution is 8.15. The topological polar surface area (TPSA) is 111 Å². The van der Waals surface area contributed by atoms with Gasteiger partial charge in [-0.1, -0.05) is 37.7 Å². The minimum Gasteiger partial charge on any atom is -0.491 e. The summed E-state index contributed by atoms with van der Waals surface area (Å²) in [5, 5.41) is 7.07. The Kier molecular flexibility index (Phi) is 10.2. The number of hydrogen-bond acceptors (Lipinski definition) is 7. The van der Waals surface area contributed by atoms with Gasteiger partial charge in [-0.2, -0.15) is 4.99 Å². The van der Waals surface area contributed by atoms with E-state index < -0.39 is 18.5 Å². The van der Waals surface area contributed by atoms with Crippen molar-refractivity contribution in [2.45, 2.75) is 27.4 Å². The van der Waals surface area contributed by atoms with Crippen LogP contribution in [0.5, 0.6) is 5.75 Å². The fourth-order valence-electron chi connectivity index (χ4n) is 4.45. The average Bonchev–Trinajstić information content (AvgIpc) is 3.65. The summed E-state index contributed by atoms with van der Waals surface area (Å²) < 4.78 is 40.0. The standard InChI is InChI=1S/C32H32F2N6O4S/c1-20(2)16-43-17-23-5-4-21(3)14-28(23)40-29(41)18-45-32(40)37-31(42)36-27-11-6-22(15-26(27)34)30-35-19-39(38-30)24-7-9-25(10-8-24)44-13-12-33/h4-11,14-15,19-20H,12-13,16-18H2,1-3H3,(H,36,42)/b37-32-. The third kappa shape index (κ3) is 7.91. The van der Waals surface area contributed by atoms with Gasteiger partial charge in [0.2, 0.25) is 5.91 Å². The van der Waals surface area contributed by atoms with Crippen LogP contribution in [-0.4, -0.2) is 57.5 Å². The maximum absolute atomic E-state index is 15.1. The van der Waals surface area contributed by atoms with Crippen LogP contribution in [0.4, 0.5) is 25.0 Å². The number of amides is 3. The van der Waals surface area contributed by atoms with E-state index in [9.17, 15) is 14.0 Å². The highest BCUT2D eigenvalue weighted by Gasteiger charge is 2.32. The summed E-state index contributed by atoms with van der Waals surface area (Å²) >= 11 is 1.13. The van der Waals surface area contributed by atoms with Crippen molar-refractivity contribution in [3.8, 4) is 22.8 Å². The summed E-state index contributed by atoms with van der Waals surface area (Å²) in [6, 6.07) is 15.9. The summed E-state index contributed by atoms with van der Waals surface area (Å²) in [6.45, 7) is 6.28. The van der Waals surface area contributed by atoms with Crippen molar-refractivity contribution in [3.05, 3.63) is 83.9 Å². The molecule has 13 heteroatoms. The van der Waals surface area contributed by atoms with Crippen LogP contribution in [0.1, 0.15) is 25.0 Å². The normalized spacial score (nSPS) is 14.0. The molecule has 1 saturated heterocycles. The van der Waals surface area contributed by atoms with Gasteiger partial charge in [0.1, 0.15) is 31.2 Å². The molecule has 234 valence electrons. The molecular formula is C32H32F2N6O4S. The second-order valence-corrected chi connectivity index (χ2v) is 11.6. The van der Waals surface area contributed by atoms with E-state index in [0.717, 1.165) is 22.9 Å². The summed E-state index contributed by atoms with van der Waals surface area (Å²) in [4.78, 5) is 35.6. The first kappa shape index (κ1) is 31.8. The van der Waals surface area contributed by atoms with Crippen LogP contribution < -0.4 is 15.0 Å². The maximum Gasteiger partial charge on any atom is 0.347 e. The Morgan fingerprint density at radius 2 is 1.93 bits per heavy atom. The Hall–Kier alpha value is -4.62. The van der Waals surface area contributed by atoms with Crippen molar-refractivity contribution >= 4 is 40.2 Å². The van der Waals surface area contributed by atoms with Crippen LogP contribution in [-0.2, 0) is 16.1 Å². The van der Waals surface area contributed by atoms with Gasteiger partial charge in [0.25, 0.3) is 0 Å². The molecule has 1 N–H and O–H groups in total. The summed E-state index contributed by atoms with van der Waals surface area (Å²) in [7, 11) is 0. The van der Waals surface area contributed by atoms with Gasteiger partial charge in [0, 0.05) is 17.7 Å². The molecule has 1 aliphatic rings. The molecule has 2 heterocycles. The van der Waals surface area contributed by atoms with E-state index in [1.165, 1.54) is 28.0 Å². The predicted molar refractivity (Wildman–Crippen MR) is 170 cm³/mol. The Labute approximate surface area is 263 Å². The molecule has 3 aromatic carbocycles. The number of urea groups is 1. The monoisotopic (exact) mass is 634 g/mol. The van der Waals surface area contributed by atoms with Crippen LogP contribution in [0.2, 0.25) is 0 Å². The van der Waals surface area contributed by atoms with Gasteiger partial charge in [-0.05, 0) is 66.9 Å². The van der Waals surface area contributed by atoms with E-state index in [2.05, 4.69) is 34.2 Å². The maximum atomic E-state index is 15.1. The number of nitrogens with zero attached hydrogens (tertiary/aromatic N) is 5. The van der Waals surface area contributed by atoms with Gasteiger partial charge in [-0.3, -0.25) is 9.69 Å². The molecule has 4 aromatic rings. The number of carbonyl (C=O) groups excluding carboxylic acids is 2. The molecular weight excluding hydrogens is 602 g/mol. The minimum absolute atomic E-state index is 0.0256. The lowest BCUT2D eigenvalue weighted by Gasteiger charge is -2.21. The largest absolute Gasteiger partial charge is 0.491 e. The lowest BCUT2D eigenvalue weighted by atomic mass is 10.1. The summed E-state index contributed by atoms with van der Waals surface area (Å²) in [6.07, 6.45) is 1.48. The van der Waals surface area contributed by atoms with Gasteiger partial charge in [-0.15, -0.1) is 5.10 Å². The smallest absolute Gasteiger partial charge is 0.347 e. The Balaban J connectivity index is 1.29. The second-order valence-electron chi connectivity index (χ2n) is 10.6. The first-order valence-electron chi connectivity index (χ1n) is 14.3. The van der Waals surface area contributed by atoms with Gasteiger partial charge in [-0.25, -0.2) is 23.2 Å². The number of rotatable bonds is 11. The van der Waals surface area contributed by atoms with Crippen molar-refractivity contribution in [2.24, 2.45) is 10.9 Å². The van der Waals surface area contributed by atoms with Crippen molar-refractivity contribution in [2.75, 3.05) is 35.9 Å². The van der Waals surface area contributed by atoms with E-state index in [4.69, 9.17) is 9.47 Å². The zero-order valence-electron chi connectivity index (χ0n) is 25.0. The van der Waals surface area contributed by atoms with Crippen LogP contribution in [0.15, 0.2) is 72.0 Å². The lowest BCUT2D eigenvalue weighted by Crippen LogP contribution is -2.31. The average molecular weight is 635 g/mol. The van der Waals surface area contributed by atoms with E-state index in [1.807, 2.05) is 25.1 Å². The Bertz CT molecular complexity index is 1710. The summed E-state index contributed by atoms with van der Waals surface area (Å²) in [5.41, 5.74) is 3.32. The van der Waals surface area contributed by atoms with Crippen LogP contribution in [0.25, 0.3) is 17.1 Å². The number of nitrogens with one attached hydrogen (secondary N) is 1. The van der Waals surface area contributed by atoms with Crippen LogP contribution in [0.3, 0.4) is 0 Å². The van der Waals surface area contributed by atoms with Gasteiger partial charge in [0.05, 0.1) is 29.4 Å². The lowest BCUT2D eigenvalue weighted by molar-refractivity contribution is -0.115. The molecule has 3 amide bonds. The third-order valence-corrected chi connectivity index (χ3v) is 7.48. The molecule has 1 fully saturated rings. The van der Waals surface area contributed by atoms with Crippen molar-refractivity contribution in [1.29, 1.82) is 0 Å². The Morgan fingerprint density at radius 1 is 1.13 bits per heavy atom.